The second-order valence-corrected chi connectivity index (χ2v) is 5.57. The van der Waals surface area contributed by atoms with Crippen molar-refractivity contribution in [3.63, 3.8) is 0 Å². The molecule has 1 aromatic carbocycles. The smallest absolute Gasteiger partial charge is 0.264 e. The third-order valence-electron chi connectivity index (χ3n) is 2.24. The van der Waals surface area contributed by atoms with Gasteiger partial charge in [0.05, 0.1) is 4.90 Å². The van der Waals surface area contributed by atoms with Crippen molar-refractivity contribution in [3.8, 4) is 0 Å². The third-order valence-corrected chi connectivity index (χ3v) is 3.63. The highest BCUT2D eigenvalue weighted by molar-refractivity contribution is 7.90. The van der Waals surface area contributed by atoms with Crippen molar-refractivity contribution in [2.24, 2.45) is 11.7 Å². The van der Waals surface area contributed by atoms with Crippen molar-refractivity contribution >= 4 is 15.9 Å². The predicted octanol–water partition coefficient (Wildman–Crippen LogP) is 0.476. The molecule has 1 unspecified atom stereocenters. The second kappa shape index (κ2) is 5.79. The number of nitrogens with one attached hydrogen (secondary N) is 1. The number of nitrogens with two attached hydrogens (primary N) is 1. The SMILES string of the molecule is CC(CN)CC(=O)NS(=O)(=O)c1ccccc1. The minimum Gasteiger partial charge on any atom is -0.330 e. The standard InChI is InChI=1S/C11H16N2O3S/c1-9(8-12)7-11(14)13-17(15,16)10-5-3-2-4-6-10/h2-6,9H,7-8,12H2,1H3,(H,13,14). The van der Waals surface area contributed by atoms with Crippen molar-refractivity contribution in [2.75, 3.05) is 6.54 Å². The number of benzene rings is 1. The van der Waals surface area contributed by atoms with Gasteiger partial charge in [0.1, 0.15) is 0 Å². The molecule has 0 saturated carbocycles. The highest BCUT2D eigenvalue weighted by Gasteiger charge is 2.18. The molecule has 0 radical (unpaired) electrons. The first kappa shape index (κ1) is 13.7. The summed E-state index contributed by atoms with van der Waals surface area (Å²) in [7, 11) is -3.75. The van der Waals surface area contributed by atoms with Gasteiger partial charge in [-0.2, -0.15) is 0 Å². The first-order valence-electron chi connectivity index (χ1n) is 5.26. The first-order valence-corrected chi connectivity index (χ1v) is 6.75. The van der Waals surface area contributed by atoms with Crippen LogP contribution in [0.3, 0.4) is 0 Å². The summed E-state index contributed by atoms with van der Waals surface area (Å²) < 4.78 is 25.5. The molecule has 94 valence electrons. The Balaban J connectivity index is 2.72. The molecule has 0 heterocycles. The van der Waals surface area contributed by atoms with E-state index in [4.69, 9.17) is 5.73 Å². The van der Waals surface area contributed by atoms with E-state index in [9.17, 15) is 13.2 Å². The molecule has 0 aliphatic rings. The van der Waals surface area contributed by atoms with Crippen LogP contribution in [-0.4, -0.2) is 20.9 Å². The molecule has 0 bridgehead atoms. The summed E-state index contributed by atoms with van der Waals surface area (Å²) in [6.07, 6.45) is 0.0998. The average molecular weight is 256 g/mol. The van der Waals surface area contributed by atoms with E-state index in [-0.39, 0.29) is 17.2 Å². The van der Waals surface area contributed by atoms with Crippen LogP contribution < -0.4 is 10.5 Å². The lowest BCUT2D eigenvalue weighted by molar-refractivity contribution is -0.120. The summed E-state index contributed by atoms with van der Waals surface area (Å²) in [4.78, 5) is 11.5. The summed E-state index contributed by atoms with van der Waals surface area (Å²) in [6, 6.07) is 7.77. The van der Waals surface area contributed by atoms with E-state index in [0.29, 0.717) is 6.54 Å². The van der Waals surface area contributed by atoms with E-state index in [1.165, 1.54) is 12.1 Å². The maximum absolute atomic E-state index is 11.7. The van der Waals surface area contributed by atoms with Crippen LogP contribution in [0.1, 0.15) is 13.3 Å². The van der Waals surface area contributed by atoms with Crippen LogP contribution in [-0.2, 0) is 14.8 Å². The van der Waals surface area contributed by atoms with Gasteiger partial charge < -0.3 is 5.73 Å². The van der Waals surface area contributed by atoms with E-state index in [1.54, 1.807) is 25.1 Å². The highest BCUT2D eigenvalue weighted by Crippen LogP contribution is 2.08. The fourth-order valence-corrected chi connectivity index (χ4v) is 2.27. The highest BCUT2D eigenvalue weighted by atomic mass is 32.2. The van der Waals surface area contributed by atoms with Gasteiger partial charge in [-0.15, -0.1) is 0 Å². The monoisotopic (exact) mass is 256 g/mol. The molecule has 1 aromatic rings. The molecule has 1 amide bonds. The van der Waals surface area contributed by atoms with Crippen molar-refractivity contribution < 1.29 is 13.2 Å². The Hall–Kier alpha value is -1.40. The lowest BCUT2D eigenvalue weighted by Crippen LogP contribution is -2.32. The number of rotatable bonds is 5. The van der Waals surface area contributed by atoms with Crippen molar-refractivity contribution in [2.45, 2.75) is 18.2 Å². The van der Waals surface area contributed by atoms with Gasteiger partial charge in [0.25, 0.3) is 10.0 Å². The van der Waals surface area contributed by atoms with Gasteiger partial charge in [0.15, 0.2) is 0 Å². The molecule has 1 rings (SSSR count). The van der Waals surface area contributed by atoms with Crippen molar-refractivity contribution in [3.05, 3.63) is 30.3 Å². The zero-order valence-corrected chi connectivity index (χ0v) is 10.4. The van der Waals surface area contributed by atoms with Gasteiger partial charge in [-0.25, -0.2) is 13.1 Å². The Morgan fingerprint density at radius 1 is 1.35 bits per heavy atom. The zero-order chi connectivity index (χ0) is 12.9. The fourth-order valence-electron chi connectivity index (χ4n) is 1.25. The van der Waals surface area contributed by atoms with Crippen LogP contribution in [0, 0.1) is 5.92 Å². The van der Waals surface area contributed by atoms with Gasteiger partial charge in [0, 0.05) is 6.42 Å². The topological polar surface area (TPSA) is 89.3 Å². The molecular weight excluding hydrogens is 240 g/mol. The van der Waals surface area contributed by atoms with Crippen LogP contribution in [0.5, 0.6) is 0 Å². The number of sulfonamides is 1. The normalized spacial score (nSPS) is 13.1. The molecule has 6 heteroatoms. The number of carbonyl (C=O) groups excluding carboxylic acids is 1. The van der Waals surface area contributed by atoms with Crippen molar-refractivity contribution in [1.82, 2.24) is 4.72 Å². The molecule has 0 saturated heterocycles. The summed E-state index contributed by atoms with van der Waals surface area (Å²) in [5.41, 5.74) is 5.37. The largest absolute Gasteiger partial charge is 0.330 e. The van der Waals surface area contributed by atoms with E-state index in [0.717, 1.165) is 0 Å². The maximum Gasteiger partial charge on any atom is 0.264 e. The minimum atomic E-state index is -3.75. The molecule has 5 nitrogen and oxygen atoms in total. The Kier molecular flexibility index (Phi) is 4.65. The number of carbonyl (C=O) groups is 1. The van der Waals surface area contributed by atoms with Gasteiger partial charge >= 0.3 is 0 Å². The molecule has 0 aliphatic carbocycles. The zero-order valence-electron chi connectivity index (χ0n) is 9.59. The van der Waals surface area contributed by atoms with Gasteiger partial charge in [-0.05, 0) is 24.6 Å². The first-order chi connectivity index (χ1) is 7.95. The van der Waals surface area contributed by atoms with Crippen LogP contribution in [0.25, 0.3) is 0 Å². The number of hydrogen-bond acceptors (Lipinski definition) is 4. The average Bonchev–Trinajstić information content (AvgIpc) is 2.29. The maximum atomic E-state index is 11.7. The van der Waals surface area contributed by atoms with Gasteiger partial charge in [-0.3, -0.25) is 4.79 Å². The molecule has 3 N–H and O–H groups in total. The van der Waals surface area contributed by atoms with E-state index in [2.05, 4.69) is 0 Å². The van der Waals surface area contributed by atoms with Gasteiger partial charge in [0.2, 0.25) is 5.91 Å². The predicted molar refractivity (Wildman–Crippen MR) is 64.6 cm³/mol. The van der Waals surface area contributed by atoms with E-state index in [1.807, 2.05) is 4.72 Å². The van der Waals surface area contributed by atoms with Crippen LogP contribution in [0.4, 0.5) is 0 Å². The van der Waals surface area contributed by atoms with Crippen LogP contribution in [0.2, 0.25) is 0 Å². The van der Waals surface area contributed by atoms with Crippen LogP contribution >= 0.6 is 0 Å². The Morgan fingerprint density at radius 3 is 2.47 bits per heavy atom. The molecule has 1 atom stereocenters. The van der Waals surface area contributed by atoms with Gasteiger partial charge in [-0.1, -0.05) is 25.1 Å². The molecule has 0 aliphatic heterocycles. The van der Waals surface area contributed by atoms with Crippen molar-refractivity contribution in [1.29, 1.82) is 0 Å². The number of hydrogen-bond donors (Lipinski definition) is 2. The molecule has 0 fully saturated rings. The Bertz CT molecular complexity index is 471. The molecule has 17 heavy (non-hydrogen) atoms. The van der Waals surface area contributed by atoms with Crippen LogP contribution in [0.15, 0.2) is 35.2 Å². The lowest BCUT2D eigenvalue weighted by atomic mass is 10.1. The quantitative estimate of drug-likeness (QED) is 0.801. The number of amides is 1. The summed E-state index contributed by atoms with van der Waals surface area (Å²) in [5.74, 6) is -0.576. The molecule has 0 aromatic heterocycles. The lowest BCUT2D eigenvalue weighted by Gasteiger charge is -2.09. The van der Waals surface area contributed by atoms with E-state index >= 15 is 0 Å². The molecular formula is C11H16N2O3S. The minimum absolute atomic E-state index is 0.0408. The second-order valence-electron chi connectivity index (χ2n) is 3.89. The summed E-state index contributed by atoms with van der Waals surface area (Å²) >= 11 is 0. The third kappa shape index (κ3) is 4.16. The summed E-state index contributed by atoms with van der Waals surface area (Å²) in [6.45, 7) is 2.13. The molecule has 0 spiro atoms. The summed E-state index contributed by atoms with van der Waals surface area (Å²) in [5, 5.41) is 0. The van der Waals surface area contributed by atoms with E-state index < -0.39 is 15.9 Å². The Morgan fingerprint density at radius 2 is 1.94 bits per heavy atom. The fraction of sp³-hybridized carbons (Fsp3) is 0.364. The Labute approximate surface area is 101 Å².